The van der Waals surface area contributed by atoms with Crippen LogP contribution in [0.4, 0.5) is 0 Å². The fraction of sp³-hybridized carbons (Fsp3) is 0.111. The molecule has 1 heterocycles. The standard InChI is InChI=1S/C18H16N2O3/c19-14(18(22)23)10-11-5-8-17(21)13(9-11)16-7-6-12-3-1-2-4-15(12)20-16/h1-9,14,21H,10,19H2,(H,22,23). The molecule has 0 saturated heterocycles. The quantitative estimate of drug-likeness (QED) is 0.688. The lowest BCUT2D eigenvalue weighted by atomic mass is 10.0. The van der Waals surface area contributed by atoms with Gasteiger partial charge >= 0.3 is 5.97 Å². The second kappa shape index (κ2) is 6.06. The highest BCUT2D eigenvalue weighted by atomic mass is 16.4. The number of fused-ring (bicyclic) bond motifs is 1. The van der Waals surface area contributed by atoms with Gasteiger partial charge in [0.15, 0.2) is 0 Å². The van der Waals surface area contributed by atoms with E-state index in [1.165, 1.54) is 6.07 Å². The number of hydrogen-bond donors (Lipinski definition) is 3. The first-order chi connectivity index (χ1) is 11.0. The van der Waals surface area contributed by atoms with E-state index in [0.717, 1.165) is 16.5 Å². The van der Waals surface area contributed by atoms with Crippen LogP contribution < -0.4 is 5.73 Å². The van der Waals surface area contributed by atoms with Crippen LogP contribution >= 0.6 is 0 Å². The van der Waals surface area contributed by atoms with Crippen LogP contribution in [-0.2, 0) is 11.2 Å². The van der Waals surface area contributed by atoms with E-state index in [1.807, 2.05) is 36.4 Å². The Balaban J connectivity index is 2.01. The first kappa shape index (κ1) is 15.0. The molecule has 1 atom stereocenters. The number of aliphatic carboxylic acids is 1. The van der Waals surface area contributed by atoms with E-state index in [1.54, 1.807) is 12.1 Å². The number of aromatic nitrogens is 1. The van der Waals surface area contributed by atoms with Crippen molar-refractivity contribution in [3.05, 3.63) is 60.2 Å². The van der Waals surface area contributed by atoms with Gasteiger partial charge in [0.05, 0.1) is 11.2 Å². The third-order valence-electron chi connectivity index (χ3n) is 3.71. The Kier molecular flexibility index (Phi) is 3.95. The zero-order valence-corrected chi connectivity index (χ0v) is 12.3. The molecule has 1 unspecified atom stereocenters. The van der Waals surface area contributed by atoms with Crippen LogP contribution in [0.3, 0.4) is 0 Å². The van der Waals surface area contributed by atoms with E-state index in [9.17, 15) is 9.90 Å². The molecular formula is C18H16N2O3. The van der Waals surface area contributed by atoms with Crippen LogP contribution in [0.1, 0.15) is 5.56 Å². The van der Waals surface area contributed by atoms with Crippen molar-refractivity contribution in [1.29, 1.82) is 0 Å². The largest absolute Gasteiger partial charge is 0.507 e. The summed E-state index contributed by atoms with van der Waals surface area (Å²) >= 11 is 0. The highest BCUT2D eigenvalue weighted by Crippen LogP contribution is 2.30. The fourth-order valence-electron chi connectivity index (χ4n) is 2.47. The molecule has 5 heteroatoms. The molecule has 0 aliphatic heterocycles. The summed E-state index contributed by atoms with van der Waals surface area (Å²) in [6.45, 7) is 0. The van der Waals surface area contributed by atoms with Crippen molar-refractivity contribution in [3.8, 4) is 17.0 Å². The van der Waals surface area contributed by atoms with Gasteiger partial charge in [-0.2, -0.15) is 0 Å². The predicted molar refractivity (Wildman–Crippen MR) is 88.2 cm³/mol. The smallest absolute Gasteiger partial charge is 0.320 e. The minimum atomic E-state index is -1.05. The number of phenols is 1. The maximum Gasteiger partial charge on any atom is 0.320 e. The van der Waals surface area contributed by atoms with E-state index in [4.69, 9.17) is 10.8 Å². The van der Waals surface area contributed by atoms with Gasteiger partial charge in [0.1, 0.15) is 11.8 Å². The number of para-hydroxylation sites is 1. The lowest BCUT2D eigenvalue weighted by Crippen LogP contribution is -2.32. The molecule has 0 bridgehead atoms. The Morgan fingerprint density at radius 2 is 1.91 bits per heavy atom. The summed E-state index contributed by atoms with van der Waals surface area (Å²) in [5.41, 5.74) is 8.33. The number of nitrogens with zero attached hydrogens (tertiary/aromatic N) is 1. The van der Waals surface area contributed by atoms with Crippen molar-refractivity contribution < 1.29 is 15.0 Å². The van der Waals surface area contributed by atoms with E-state index in [2.05, 4.69) is 4.98 Å². The Hall–Kier alpha value is -2.92. The summed E-state index contributed by atoms with van der Waals surface area (Å²) in [5, 5.41) is 20.0. The first-order valence-corrected chi connectivity index (χ1v) is 7.21. The maximum absolute atomic E-state index is 10.9. The van der Waals surface area contributed by atoms with Gasteiger partial charge in [-0.05, 0) is 36.2 Å². The number of aromatic hydroxyl groups is 1. The second-order valence-electron chi connectivity index (χ2n) is 5.39. The molecule has 0 amide bonds. The summed E-state index contributed by atoms with van der Waals surface area (Å²) < 4.78 is 0. The zero-order chi connectivity index (χ0) is 16.4. The Morgan fingerprint density at radius 3 is 2.70 bits per heavy atom. The Bertz CT molecular complexity index is 877. The van der Waals surface area contributed by atoms with Crippen LogP contribution in [-0.4, -0.2) is 27.2 Å². The van der Waals surface area contributed by atoms with Crippen molar-refractivity contribution in [2.24, 2.45) is 5.73 Å². The molecule has 0 saturated carbocycles. The molecule has 23 heavy (non-hydrogen) atoms. The van der Waals surface area contributed by atoms with Crippen molar-refractivity contribution in [2.45, 2.75) is 12.5 Å². The van der Waals surface area contributed by atoms with Crippen LogP contribution in [0.2, 0.25) is 0 Å². The molecule has 0 aliphatic rings. The lowest BCUT2D eigenvalue weighted by molar-refractivity contribution is -0.138. The lowest BCUT2D eigenvalue weighted by Gasteiger charge is -2.10. The topological polar surface area (TPSA) is 96.4 Å². The van der Waals surface area contributed by atoms with Gasteiger partial charge in [-0.1, -0.05) is 30.3 Å². The molecule has 3 rings (SSSR count). The number of pyridine rings is 1. The summed E-state index contributed by atoms with van der Waals surface area (Å²) in [6.07, 6.45) is 0.191. The van der Waals surface area contributed by atoms with E-state index in [0.29, 0.717) is 11.3 Å². The van der Waals surface area contributed by atoms with Gasteiger partial charge in [-0.25, -0.2) is 4.98 Å². The molecule has 5 nitrogen and oxygen atoms in total. The highest BCUT2D eigenvalue weighted by Gasteiger charge is 2.14. The third-order valence-corrected chi connectivity index (χ3v) is 3.71. The number of carbonyl (C=O) groups is 1. The number of hydrogen-bond acceptors (Lipinski definition) is 4. The molecule has 3 aromatic rings. The number of carboxylic acids is 1. The third kappa shape index (κ3) is 3.14. The van der Waals surface area contributed by atoms with Gasteiger partial charge in [-0.15, -0.1) is 0 Å². The summed E-state index contributed by atoms with van der Waals surface area (Å²) in [4.78, 5) is 15.4. The maximum atomic E-state index is 10.9. The highest BCUT2D eigenvalue weighted by molar-refractivity contribution is 5.82. The number of carboxylic acid groups (broad SMARTS) is 1. The molecule has 4 N–H and O–H groups in total. The Morgan fingerprint density at radius 1 is 1.13 bits per heavy atom. The molecular weight excluding hydrogens is 292 g/mol. The molecule has 116 valence electrons. The molecule has 1 aromatic heterocycles. The van der Waals surface area contributed by atoms with E-state index < -0.39 is 12.0 Å². The molecule has 0 fully saturated rings. The van der Waals surface area contributed by atoms with Crippen LogP contribution in [0.25, 0.3) is 22.2 Å². The summed E-state index contributed by atoms with van der Waals surface area (Å²) in [7, 11) is 0. The summed E-state index contributed by atoms with van der Waals surface area (Å²) in [6, 6.07) is 15.4. The monoisotopic (exact) mass is 308 g/mol. The predicted octanol–water partition coefficient (Wildman–Crippen LogP) is 2.56. The van der Waals surface area contributed by atoms with Gasteiger partial charge in [0.25, 0.3) is 0 Å². The fourth-order valence-corrected chi connectivity index (χ4v) is 2.47. The second-order valence-corrected chi connectivity index (χ2v) is 5.39. The normalized spacial score (nSPS) is 12.2. The number of phenolic OH excluding ortho intramolecular Hbond substituents is 1. The molecule has 0 spiro atoms. The number of nitrogens with two attached hydrogens (primary N) is 1. The van der Waals surface area contributed by atoms with Gasteiger partial charge < -0.3 is 15.9 Å². The van der Waals surface area contributed by atoms with Crippen LogP contribution in [0, 0.1) is 0 Å². The van der Waals surface area contributed by atoms with Crippen molar-refractivity contribution >= 4 is 16.9 Å². The summed E-state index contributed by atoms with van der Waals surface area (Å²) in [5.74, 6) is -0.955. The molecule has 2 aromatic carbocycles. The Labute approximate surface area is 133 Å². The SMILES string of the molecule is NC(Cc1ccc(O)c(-c2ccc3ccccc3n2)c1)C(=O)O. The van der Waals surface area contributed by atoms with Crippen molar-refractivity contribution in [1.82, 2.24) is 4.98 Å². The van der Waals surface area contributed by atoms with Gasteiger partial charge in [0.2, 0.25) is 0 Å². The van der Waals surface area contributed by atoms with Gasteiger partial charge in [-0.3, -0.25) is 4.79 Å². The average Bonchev–Trinajstić information content (AvgIpc) is 2.56. The molecule has 0 radical (unpaired) electrons. The number of rotatable bonds is 4. The first-order valence-electron chi connectivity index (χ1n) is 7.21. The zero-order valence-electron chi connectivity index (χ0n) is 12.3. The van der Waals surface area contributed by atoms with E-state index in [-0.39, 0.29) is 12.2 Å². The number of benzene rings is 2. The van der Waals surface area contributed by atoms with E-state index >= 15 is 0 Å². The van der Waals surface area contributed by atoms with Gasteiger partial charge in [0, 0.05) is 10.9 Å². The minimum Gasteiger partial charge on any atom is -0.507 e. The average molecular weight is 308 g/mol. The minimum absolute atomic E-state index is 0.0976. The van der Waals surface area contributed by atoms with Crippen molar-refractivity contribution in [3.63, 3.8) is 0 Å². The van der Waals surface area contributed by atoms with Crippen molar-refractivity contribution in [2.75, 3.05) is 0 Å². The van der Waals surface area contributed by atoms with Crippen LogP contribution in [0.5, 0.6) is 5.75 Å². The van der Waals surface area contributed by atoms with Crippen LogP contribution in [0.15, 0.2) is 54.6 Å². The molecule has 0 aliphatic carbocycles.